The number of piperidine rings is 1. The number of amidine groups is 1. The van der Waals surface area contributed by atoms with Crippen LogP contribution in [-0.2, 0) is 14.8 Å². The molecule has 3 heterocycles. The second kappa shape index (κ2) is 11.1. The average Bonchev–Trinajstić information content (AvgIpc) is 2.89. The Labute approximate surface area is 210 Å². The number of aromatic nitrogens is 3. The number of carbonyl (C=O) groups is 1. The van der Waals surface area contributed by atoms with Gasteiger partial charge in [-0.25, -0.2) is 13.1 Å². The van der Waals surface area contributed by atoms with E-state index in [0.717, 1.165) is 12.8 Å². The Balaban J connectivity index is 1.50. The number of morpholine rings is 1. The third-order valence-corrected chi connectivity index (χ3v) is 7.51. The molecule has 0 radical (unpaired) electrons. The molecule has 2 aliphatic heterocycles. The van der Waals surface area contributed by atoms with Gasteiger partial charge in [-0.1, -0.05) is 0 Å². The molecule has 2 aromatic rings. The second-order valence-corrected chi connectivity index (χ2v) is 10.7. The van der Waals surface area contributed by atoms with Crippen molar-refractivity contribution in [2.75, 3.05) is 55.4 Å². The molecule has 2 aliphatic rings. The number of anilines is 3. The molecule has 5 N–H and O–H groups in total. The predicted molar refractivity (Wildman–Crippen MR) is 135 cm³/mol. The zero-order valence-electron chi connectivity index (χ0n) is 20.1. The number of hydrogen-bond donors (Lipinski definition) is 4. The minimum Gasteiger partial charge on any atom is -0.382 e. The van der Waals surface area contributed by atoms with E-state index in [1.54, 1.807) is 36.1 Å². The summed E-state index contributed by atoms with van der Waals surface area (Å²) in [5, 5.41) is 19.2. The minimum atomic E-state index is -3.33. The van der Waals surface area contributed by atoms with Crippen LogP contribution in [0.4, 0.5) is 17.5 Å². The maximum absolute atomic E-state index is 12.7. The lowest BCUT2D eigenvalue weighted by molar-refractivity contribution is 0.0303. The van der Waals surface area contributed by atoms with E-state index >= 15 is 0 Å². The normalized spacial score (nSPS) is 18.6. The van der Waals surface area contributed by atoms with Gasteiger partial charge in [-0.2, -0.15) is 4.98 Å². The van der Waals surface area contributed by atoms with E-state index < -0.39 is 10.0 Å². The molecule has 2 fully saturated rings. The molecule has 0 unspecified atom stereocenters. The van der Waals surface area contributed by atoms with E-state index in [1.807, 2.05) is 4.90 Å². The van der Waals surface area contributed by atoms with Crippen LogP contribution >= 0.6 is 0 Å². The predicted octanol–water partition coefficient (Wildman–Crippen LogP) is 0.280. The first kappa shape index (κ1) is 25.7. The average molecular weight is 518 g/mol. The zero-order valence-corrected chi connectivity index (χ0v) is 20.9. The maximum atomic E-state index is 12.7. The number of rotatable bonds is 8. The molecule has 2 saturated heterocycles. The number of nitrogen functional groups attached to an aromatic ring is 1. The van der Waals surface area contributed by atoms with Crippen molar-refractivity contribution in [2.24, 2.45) is 5.73 Å². The van der Waals surface area contributed by atoms with Gasteiger partial charge in [-0.05, 0) is 44.0 Å². The lowest BCUT2D eigenvalue weighted by Gasteiger charge is -2.32. The molecule has 36 heavy (non-hydrogen) atoms. The zero-order chi connectivity index (χ0) is 25.7. The van der Waals surface area contributed by atoms with E-state index in [9.17, 15) is 13.2 Å². The summed E-state index contributed by atoms with van der Waals surface area (Å²) < 4.78 is 32.0. The molecule has 0 bridgehead atoms. The highest BCUT2D eigenvalue weighted by molar-refractivity contribution is 7.89. The third-order valence-electron chi connectivity index (χ3n) is 6.05. The van der Waals surface area contributed by atoms with Gasteiger partial charge in [0.15, 0.2) is 11.5 Å². The van der Waals surface area contributed by atoms with Crippen LogP contribution in [0.3, 0.4) is 0 Å². The Bertz CT molecular complexity index is 1200. The fourth-order valence-corrected chi connectivity index (χ4v) is 4.96. The highest BCUT2D eigenvalue weighted by Crippen LogP contribution is 2.22. The van der Waals surface area contributed by atoms with Gasteiger partial charge in [-0.3, -0.25) is 10.2 Å². The first-order valence-electron chi connectivity index (χ1n) is 11.8. The van der Waals surface area contributed by atoms with Crippen molar-refractivity contribution in [2.45, 2.75) is 25.8 Å². The summed E-state index contributed by atoms with van der Waals surface area (Å²) in [6, 6.07) is 6.68. The summed E-state index contributed by atoms with van der Waals surface area (Å²) in [7, 11) is -3.33. The largest absolute Gasteiger partial charge is 0.382 e. The summed E-state index contributed by atoms with van der Waals surface area (Å²) >= 11 is 0. The lowest BCUT2D eigenvalue weighted by atomic mass is 10.1. The van der Waals surface area contributed by atoms with Crippen molar-refractivity contribution >= 4 is 39.2 Å². The topological polar surface area (TPSA) is 180 Å². The molecule has 1 aromatic carbocycles. The summed E-state index contributed by atoms with van der Waals surface area (Å²) in [6.45, 7) is 4.83. The lowest BCUT2D eigenvalue weighted by Crippen LogP contribution is -2.48. The first-order chi connectivity index (χ1) is 17.3. The summed E-state index contributed by atoms with van der Waals surface area (Å²) in [5.41, 5.74) is 6.98. The highest BCUT2D eigenvalue weighted by atomic mass is 32.2. The van der Waals surface area contributed by atoms with Gasteiger partial charge in [-0.15, -0.1) is 10.2 Å². The van der Waals surface area contributed by atoms with E-state index in [0.29, 0.717) is 56.6 Å². The molecule has 4 rings (SSSR count). The summed E-state index contributed by atoms with van der Waals surface area (Å²) in [4.78, 5) is 20.9. The maximum Gasteiger partial charge on any atom is 0.254 e. The molecule has 13 nitrogen and oxygen atoms in total. The van der Waals surface area contributed by atoms with E-state index in [1.165, 1.54) is 0 Å². The van der Waals surface area contributed by atoms with Gasteiger partial charge in [0.1, 0.15) is 5.84 Å². The van der Waals surface area contributed by atoms with Crippen LogP contribution in [0.25, 0.3) is 0 Å². The number of nitrogens with zero attached hydrogens (tertiary/aromatic N) is 5. The Morgan fingerprint density at radius 2 is 1.92 bits per heavy atom. The van der Waals surface area contributed by atoms with Crippen LogP contribution in [0.1, 0.15) is 35.8 Å². The summed E-state index contributed by atoms with van der Waals surface area (Å²) in [5.74, 6) is 0.215. The Hall–Kier alpha value is -3.36. The SMILES string of the molecule is CCS(=O)(=O)N[C@@H]1CCCN(c2nnc(C(=N)N)c(Nc3ccc(C(=O)N4CCOCC4)cc3)n2)C1. The van der Waals surface area contributed by atoms with Gasteiger partial charge in [0, 0.05) is 43.5 Å². The number of nitrogens with two attached hydrogens (primary N) is 1. The van der Waals surface area contributed by atoms with Crippen LogP contribution < -0.4 is 20.7 Å². The van der Waals surface area contributed by atoms with Crippen LogP contribution in [0.2, 0.25) is 0 Å². The smallest absolute Gasteiger partial charge is 0.254 e. The van der Waals surface area contributed by atoms with Crippen LogP contribution in [0.15, 0.2) is 24.3 Å². The number of benzene rings is 1. The van der Waals surface area contributed by atoms with Crippen LogP contribution in [0.5, 0.6) is 0 Å². The summed E-state index contributed by atoms with van der Waals surface area (Å²) in [6.07, 6.45) is 1.48. The third kappa shape index (κ3) is 6.25. The van der Waals surface area contributed by atoms with Crippen molar-refractivity contribution in [3.05, 3.63) is 35.5 Å². The molecule has 14 heteroatoms. The van der Waals surface area contributed by atoms with Crippen molar-refractivity contribution in [3.8, 4) is 0 Å². The Morgan fingerprint density at radius 1 is 1.19 bits per heavy atom. The number of nitrogens with one attached hydrogen (secondary N) is 3. The quantitative estimate of drug-likeness (QED) is 0.281. The first-order valence-corrected chi connectivity index (χ1v) is 13.5. The van der Waals surface area contributed by atoms with Gasteiger partial charge in [0.05, 0.1) is 19.0 Å². The van der Waals surface area contributed by atoms with Crippen LogP contribution in [-0.4, -0.2) is 91.4 Å². The molecular formula is C22H31N9O4S. The Kier molecular flexibility index (Phi) is 7.96. The molecule has 1 atom stereocenters. The van der Waals surface area contributed by atoms with Gasteiger partial charge >= 0.3 is 0 Å². The van der Waals surface area contributed by atoms with Gasteiger partial charge in [0.25, 0.3) is 5.91 Å². The number of ether oxygens (including phenoxy) is 1. The fraction of sp³-hybridized carbons (Fsp3) is 0.500. The van der Waals surface area contributed by atoms with Crippen molar-refractivity contribution in [3.63, 3.8) is 0 Å². The number of carbonyl (C=O) groups excluding carboxylic acids is 1. The minimum absolute atomic E-state index is 0.0137. The monoisotopic (exact) mass is 517 g/mol. The molecule has 1 amide bonds. The Morgan fingerprint density at radius 3 is 2.58 bits per heavy atom. The van der Waals surface area contributed by atoms with Gasteiger partial charge in [0.2, 0.25) is 16.0 Å². The standard InChI is InChI=1S/C22H31N9O4S/c1-2-36(33,34)29-17-4-3-9-31(14-17)22-26-20(18(19(23)24)27-28-22)25-16-7-5-15(6-8-16)21(32)30-10-12-35-13-11-30/h5-8,17,29H,2-4,9-14H2,1H3,(H3,23,24)(H,25,26,28)/t17-/m1/s1. The molecule has 0 aliphatic carbocycles. The van der Waals surface area contributed by atoms with Crippen molar-refractivity contribution in [1.29, 1.82) is 5.41 Å². The van der Waals surface area contributed by atoms with Crippen molar-refractivity contribution in [1.82, 2.24) is 24.8 Å². The van der Waals surface area contributed by atoms with E-state index in [2.05, 4.69) is 25.2 Å². The van der Waals surface area contributed by atoms with Gasteiger partial charge < -0.3 is 25.6 Å². The second-order valence-electron chi connectivity index (χ2n) is 8.64. The molecule has 194 valence electrons. The molecular weight excluding hydrogens is 486 g/mol. The number of amides is 1. The van der Waals surface area contributed by atoms with Crippen molar-refractivity contribution < 1.29 is 17.9 Å². The highest BCUT2D eigenvalue weighted by Gasteiger charge is 2.26. The molecule has 0 spiro atoms. The fourth-order valence-electron chi connectivity index (χ4n) is 4.09. The van der Waals surface area contributed by atoms with Crippen LogP contribution in [0, 0.1) is 5.41 Å². The van der Waals surface area contributed by atoms with E-state index in [4.69, 9.17) is 15.9 Å². The molecule has 1 aromatic heterocycles. The molecule has 0 saturated carbocycles. The number of sulfonamides is 1. The van der Waals surface area contributed by atoms with E-state index in [-0.39, 0.29) is 35.0 Å². The number of hydrogen-bond acceptors (Lipinski definition) is 10.